The fourth-order valence-corrected chi connectivity index (χ4v) is 3.56. The summed E-state index contributed by atoms with van der Waals surface area (Å²) in [5, 5.41) is 34.4. The minimum absolute atomic E-state index is 0.00680. The summed E-state index contributed by atoms with van der Waals surface area (Å²) in [7, 11) is 0. The molecule has 15 heteroatoms. The summed E-state index contributed by atoms with van der Waals surface area (Å²) < 4.78 is 0. The number of aliphatic carboxylic acids is 2. The van der Waals surface area contributed by atoms with E-state index in [4.69, 9.17) is 11.5 Å². The number of nitrogens with two attached hydrogens (primary N) is 2. The van der Waals surface area contributed by atoms with Gasteiger partial charge >= 0.3 is 11.9 Å². The Kier molecular flexibility index (Phi) is 12.9. The second-order valence-corrected chi connectivity index (χ2v) is 9.03. The van der Waals surface area contributed by atoms with Crippen LogP contribution < -0.4 is 27.4 Å². The molecule has 14 nitrogen and oxygen atoms in total. The number of aromatic hydroxyl groups is 1. The standard InChI is InChI=1S/C22H31N5O9S/c1-37-7-6-14(22(35)36)25-20(33)15(9-17(24)29)27-21(34)16(10-18(30)31)26-19(32)13(23)8-11-2-4-12(28)5-3-11/h2-5,13-16,28H,6-10,23H2,1H3,(H2,24,29)(H,25,33)(H,26,32)(H,27,34)(H,30,31)(H,35,36). The van der Waals surface area contributed by atoms with E-state index in [0.717, 1.165) is 0 Å². The van der Waals surface area contributed by atoms with Crippen LogP contribution in [0.1, 0.15) is 24.8 Å². The molecule has 1 rings (SSSR count). The number of phenols is 1. The third-order valence-electron chi connectivity index (χ3n) is 5.00. The van der Waals surface area contributed by atoms with Gasteiger partial charge in [0.15, 0.2) is 0 Å². The summed E-state index contributed by atoms with van der Waals surface area (Å²) in [6.45, 7) is 0. The lowest BCUT2D eigenvalue weighted by Crippen LogP contribution is -2.58. The second-order valence-electron chi connectivity index (χ2n) is 8.05. The maximum atomic E-state index is 12.8. The summed E-state index contributed by atoms with van der Waals surface area (Å²) in [4.78, 5) is 72.2. The third-order valence-corrected chi connectivity index (χ3v) is 5.65. The molecule has 0 aliphatic heterocycles. The van der Waals surface area contributed by atoms with Gasteiger partial charge in [-0.05, 0) is 42.5 Å². The van der Waals surface area contributed by atoms with Crippen molar-refractivity contribution in [1.29, 1.82) is 0 Å². The van der Waals surface area contributed by atoms with Crippen molar-refractivity contribution < 1.29 is 44.1 Å². The minimum atomic E-state index is -1.68. The van der Waals surface area contributed by atoms with Crippen molar-refractivity contribution in [3.05, 3.63) is 29.8 Å². The number of carboxylic acid groups (broad SMARTS) is 2. The van der Waals surface area contributed by atoms with Gasteiger partial charge in [0.05, 0.1) is 18.9 Å². The van der Waals surface area contributed by atoms with Crippen LogP contribution in [0, 0.1) is 0 Å². The van der Waals surface area contributed by atoms with Gasteiger partial charge in [-0.1, -0.05) is 12.1 Å². The van der Waals surface area contributed by atoms with Crippen molar-refractivity contribution in [2.24, 2.45) is 11.5 Å². The molecular formula is C22H31N5O9S. The molecule has 37 heavy (non-hydrogen) atoms. The molecule has 10 N–H and O–H groups in total. The van der Waals surface area contributed by atoms with Gasteiger partial charge in [-0.3, -0.25) is 24.0 Å². The van der Waals surface area contributed by atoms with E-state index in [1.807, 2.05) is 0 Å². The largest absolute Gasteiger partial charge is 0.508 e. The maximum Gasteiger partial charge on any atom is 0.326 e. The molecule has 0 fully saturated rings. The van der Waals surface area contributed by atoms with E-state index < -0.39 is 72.6 Å². The highest BCUT2D eigenvalue weighted by molar-refractivity contribution is 7.98. The van der Waals surface area contributed by atoms with Crippen LogP contribution in [-0.2, 0) is 35.2 Å². The molecule has 0 radical (unpaired) electrons. The topological polar surface area (TPSA) is 251 Å². The van der Waals surface area contributed by atoms with Crippen LogP contribution in [0.15, 0.2) is 24.3 Å². The van der Waals surface area contributed by atoms with E-state index in [2.05, 4.69) is 16.0 Å². The third kappa shape index (κ3) is 11.6. The summed E-state index contributed by atoms with van der Waals surface area (Å²) in [5.41, 5.74) is 11.6. The zero-order chi connectivity index (χ0) is 28.1. The van der Waals surface area contributed by atoms with E-state index in [1.165, 1.54) is 36.0 Å². The Bertz CT molecular complexity index is 989. The first-order chi connectivity index (χ1) is 17.3. The number of benzene rings is 1. The fourth-order valence-electron chi connectivity index (χ4n) is 3.09. The zero-order valence-corrected chi connectivity index (χ0v) is 20.8. The highest BCUT2D eigenvalue weighted by Gasteiger charge is 2.32. The smallest absolute Gasteiger partial charge is 0.326 e. The van der Waals surface area contributed by atoms with Crippen molar-refractivity contribution in [3.63, 3.8) is 0 Å². The number of carbonyl (C=O) groups excluding carboxylic acids is 4. The Balaban J connectivity index is 2.97. The van der Waals surface area contributed by atoms with Gasteiger partial charge in [0.25, 0.3) is 0 Å². The molecule has 1 aromatic carbocycles. The zero-order valence-electron chi connectivity index (χ0n) is 20.0. The Labute approximate surface area is 216 Å². The number of nitrogens with one attached hydrogen (secondary N) is 3. The van der Waals surface area contributed by atoms with E-state index in [9.17, 15) is 44.1 Å². The van der Waals surface area contributed by atoms with Gasteiger partial charge in [0.1, 0.15) is 23.9 Å². The monoisotopic (exact) mass is 541 g/mol. The van der Waals surface area contributed by atoms with Gasteiger partial charge in [-0.25, -0.2) is 4.79 Å². The van der Waals surface area contributed by atoms with Gasteiger partial charge in [-0.2, -0.15) is 11.8 Å². The summed E-state index contributed by atoms with van der Waals surface area (Å²) >= 11 is 1.35. The van der Waals surface area contributed by atoms with Crippen molar-refractivity contribution in [2.75, 3.05) is 12.0 Å². The summed E-state index contributed by atoms with van der Waals surface area (Å²) in [6.07, 6.45) is 0.230. The predicted molar refractivity (Wildman–Crippen MR) is 132 cm³/mol. The minimum Gasteiger partial charge on any atom is -0.508 e. The molecule has 0 aliphatic carbocycles. The maximum absolute atomic E-state index is 12.8. The van der Waals surface area contributed by atoms with Crippen molar-refractivity contribution in [2.45, 2.75) is 49.9 Å². The van der Waals surface area contributed by atoms with E-state index in [0.29, 0.717) is 11.3 Å². The molecule has 204 valence electrons. The van der Waals surface area contributed by atoms with Gasteiger partial charge in [0.2, 0.25) is 23.6 Å². The van der Waals surface area contributed by atoms with Crippen LogP contribution >= 0.6 is 11.8 Å². The molecule has 0 heterocycles. The molecule has 0 saturated carbocycles. The van der Waals surface area contributed by atoms with Crippen molar-refractivity contribution >= 4 is 47.3 Å². The molecule has 4 amide bonds. The Morgan fingerprint density at radius 2 is 1.38 bits per heavy atom. The summed E-state index contributed by atoms with van der Waals surface area (Å²) in [6, 6.07) is 0.0407. The van der Waals surface area contributed by atoms with Gasteiger partial charge in [-0.15, -0.1) is 0 Å². The predicted octanol–water partition coefficient (Wildman–Crippen LogP) is -2.10. The number of rotatable bonds is 16. The number of phenolic OH excluding ortho intramolecular Hbond substituents is 1. The Hall–Kier alpha value is -3.85. The van der Waals surface area contributed by atoms with E-state index >= 15 is 0 Å². The van der Waals surface area contributed by atoms with Crippen LogP contribution in [0.4, 0.5) is 0 Å². The normalized spacial score (nSPS) is 13.9. The van der Waals surface area contributed by atoms with Crippen LogP contribution in [0.25, 0.3) is 0 Å². The Morgan fingerprint density at radius 1 is 0.865 bits per heavy atom. The van der Waals surface area contributed by atoms with Crippen LogP contribution in [0.2, 0.25) is 0 Å². The molecular weight excluding hydrogens is 510 g/mol. The van der Waals surface area contributed by atoms with Crippen molar-refractivity contribution in [1.82, 2.24) is 16.0 Å². The number of primary amides is 1. The molecule has 0 aromatic heterocycles. The lowest BCUT2D eigenvalue weighted by Gasteiger charge is -2.24. The molecule has 0 aliphatic rings. The highest BCUT2D eigenvalue weighted by atomic mass is 32.2. The van der Waals surface area contributed by atoms with E-state index in [1.54, 1.807) is 6.26 Å². The Morgan fingerprint density at radius 3 is 1.86 bits per heavy atom. The molecule has 0 bridgehead atoms. The highest BCUT2D eigenvalue weighted by Crippen LogP contribution is 2.11. The molecule has 4 unspecified atom stereocenters. The number of hydrogen-bond donors (Lipinski definition) is 8. The first-order valence-electron chi connectivity index (χ1n) is 11.0. The average Bonchev–Trinajstić information content (AvgIpc) is 2.81. The lowest BCUT2D eigenvalue weighted by molar-refractivity contribution is -0.143. The van der Waals surface area contributed by atoms with E-state index in [-0.39, 0.29) is 18.6 Å². The number of thioether (sulfide) groups is 1. The lowest BCUT2D eigenvalue weighted by atomic mass is 10.0. The van der Waals surface area contributed by atoms with Crippen LogP contribution in [0.5, 0.6) is 5.75 Å². The number of carbonyl (C=O) groups is 6. The number of carboxylic acids is 2. The molecule has 4 atom stereocenters. The SMILES string of the molecule is CSCCC(NC(=O)C(CC(N)=O)NC(=O)C(CC(=O)O)NC(=O)C(N)Cc1ccc(O)cc1)C(=O)O. The fraction of sp³-hybridized carbons (Fsp3) is 0.455. The first kappa shape index (κ1) is 31.2. The number of amides is 4. The number of hydrogen-bond acceptors (Lipinski definition) is 9. The molecule has 0 saturated heterocycles. The van der Waals surface area contributed by atoms with Gasteiger partial charge < -0.3 is 42.7 Å². The average molecular weight is 542 g/mol. The van der Waals surface area contributed by atoms with Gasteiger partial charge in [0, 0.05) is 0 Å². The first-order valence-corrected chi connectivity index (χ1v) is 12.4. The molecule has 1 aromatic rings. The second kappa shape index (κ2) is 15.3. The summed E-state index contributed by atoms with van der Waals surface area (Å²) in [5.74, 6) is -6.37. The molecule has 0 spiro atoms. The van der Waals surface area contributed by atoms with Crippen LogP contribution in [0.3, 0.4) is 0 Å². The van der Waals surface area contributed by atoms with Crippen LogP contribution in [-0.4, -0.2) is 87.1 Å². The quantitative estimate of drug-likeness (QED) is 0.112. The van der Waals surface area contributed by atoms with Crippen molar-refractivity contribution in [3.8, 4) is 5.75 Å².